The average molecular weight is 263 g/mol. The van der Waals surface area contributed by atoms with Gasteiger partial charge in [0, 0.05) is 25.0 Å². The third kappa shape index (κ3) is 5.17. The lowest BCUT2D eigenvalue weighted by Gasteiger charge is -2.28. The summed E-state index contributed by atoms with van der Waals surface area (Å²) in [4.78, 5) is 11.5. The van der Waals surface area contributed by atoms with Gasteiger partial charge in [-0.2, -0.15) is 0 Å². The zero-order valence-electron chi connectivity index (χ0n) is 13.0. The van der Waals surface area contributed by atoms with Gasteiger partial charge in [0.2, 0.25) is 5.95 Å². The molecule has 19 heavy (non-hydrogen) atoms. The zero-order valence-corrected chi connectivity index (χ0v) is 13.0. The van der Waals surface area contributed by atoms with Gasteiger partial charge in [-0.3, -0.25) is 0 Å². The van der Waals surface area contributed by atoms with Crippen LogP contribution in [0.3, 0.4) is 0 Å². The molecule has 0 spiro atoms. The third-order valence-electron chi connectivity index (χ3n) is 3.64. The number of hydrogen-bond donors (Lipinski definition) is 0. The Hall–Kier alpha value is -1.12. The Morgan fingerprint density at radius 3 is 2.21 bits per heavy atom. The topological polar surface area (TPSA) is 29.0 Å². The molecular weight excluding hydrogens is 234 g/mol. The Balaban J connectivity index is 2.72. The molecule has 1 heterocycles. The lowest BCUT2D eigenvalue weighted by Crippen LogP contribution is -2.34. The summed E-state index contributed by atoms with van der Waals surface area (Å²) in [5, 5.41) is 0. The highest BCUT2D eigenvalue weighted by Crippen LogP contribution is 2.15. The minimum Gasteiger partial charge on any atom is -0.338 e. The Labute approximate surface area is 118 Å². The summed E-state index contributed by atoms with van der Waals surface area (Å²) in [6.45, 7) is 9.97. The molecule has 0 aliphatic rings. The van der Waals surface area contributed by atoms with Crippen molar-refractivity contribution in [3.63, 3.8) is 0 Å². The predicted molar refractivity (Wildman–Crippen MR) is 82.7 cm³/mol. The first kappa shape index (κ1) is 15.9. The second kappa shape index (κ2) is 8.89. The minimum absolute atomic E-state index is 0.507. The fourth-order valence-corrected chi connectivity index (χ4v) is 2.07. The first-order valence-corrected chi connectivity index (χ1v) is 7.80. The molecule has 0 bridgehead atoms. The molecule has 0 saturated carbocycles. The third-order valence-corrected chi connectivity index (χ3v) is 3.64. The fourth-order valence-electron chi connectivity index (χ4n) is 2.07. The van der Waals surface area contributed by atoms with E-state index in [9.17, 15) is 0 Å². The van der Waals surface area contributed by atoms with Gasteiger partial charge in [0.15, 0.2) is 0 Å². The van der Waals surface area contributed by atoms with Crippen LogP contribution in [0.25, 0.3) is 0 Å². The van der Waals surface area contributed by atoms with Gasteiger partial charge in [0.05, 0.1) is 0 Å². The van der Waals surface area contributed by atoms with Gasteiger partial charge in [-0.1, -0.05) is 33.6 Å². The number of rotatable bonds is 9. The van der Waals surface area contributed by atoms with Crippen LogP contribution in [-0.4, -0.2) is 22.6 Å². The van der Waals surface area contributed by atoms with Crippen molar-refractivity contribution in [1.29, 1.82) is 0 Å². The van der Waals surface area contributed by atoms with Crippen LogP contribution in [0.1, 0.15) is 65.4 Å². The Bertz CT molecular complexity index is 334. The summed E-state index contributed by atoms with van der Waals surface area (Å²) in [5.74, 6) is 0.892. The average Bonchev–Trinajstić information content (AvgIpc) is 2.46. The molecule has 0 fully saturated rings. The SMILES string of the molecule is CCCCc1cnc(N(CCCC)C(C)CC)nc1. The summed E-state index contributed by atoms with van der Waals surface area (Å²) in [6, 6.07) is 0.507. The number of anilines is 1. The summed E-state index contributed by atoms with van der Waals surface area (Å²) in [5.41, 5.74) is 1.25. The van der Waals surface area contributed by atoms with Crippen molar-refractivity contribution in [1.82, 2.24) is 9.97 Å². The molecule has 1 aromatic rings. The quantitative estimate of drug-likeness (QED) is 0.668. The molecule has 3 heteroatoms. The van der Waals surface area contributed by atoms with Gasteiger partial charge in [-0.15, -0.1) is 0 Å². The van der Waals surface area contributed by atoms with E-state index >= 15 is 0 Å². The van der Waals surface area contributed by atoms with Gasteiger partial charge in [0.1, 0.15) is 0 Å². The highest BCUT2D eigenvalue weighted by molar-refractivity contribution is 5.31. The lowest BCUT2D eigenvalue weighted by molar-refractivity contribution is 0.582. The minimum atomic E-state index is 0.507. The normalized spacial score (nSPS) is 12.4. The van der Waals surface area contributed by atoms with E-state index in [1.54, 1.807) is 0 Å². The van der Waals surface area contributed by atoms with E-state index in [1.807, 2.05) is 12.4 Å². The van der Waals surface area contributed by atoms with Crippen molar-refractivity contribution in [2.24, 2.45) is 0 Å². The summed E-state index contributed by atoms with van der Waals surface area (Å²) in [7, 11) is 0. The van der Waals surface area contributed by atoms with Crippen molar-refractivity contribution >= 4 is 5.95 Å². The first-order valence-electron chi connectivity index (χ1n) is 7.80. The maximum absolute atomic E-state index is 4.57. The molecule has 3 nitrogen and oxygen atoms in total. The number of unbranched alkanes of at least 4 members (excludes halogenated alkanes) is 2. The van der Waals surface area contributed by atoms with Crippen molar-refractivity contribution in [2.75, 3.05) is 11.4 Å². The standard InChI is InChI=1S/C16H29N3/c1-5-8-10-15-12-17-16(18-13-15)19(11-9-6-2)14(4)7-3/h12-14H,5-11H2,1-4H3. The molecule has 0 amide bonds. The number of hydrogen-bond acceptors (Lipinski definition) is 3. The second-order valence-corrected chi connectivity index (χ2v) is 5.30. The predicted octanol–water partition coefficient (Wildman–Crippen LogP) is 4.22. The smallest absolute Gasteiger partial charge is 0.225 e. The van der Waals surface area contributed by atoms with E-state index in [0.29, 0.717) is 6.04 Å². The summed E-state index contributed by atoms with van der Waals surface area (Å²) >= 11 is 0. The van der Waals surface area contributed by atoms with Crippen molar-refractivity contribution in [3.8, 4) is 0 Å². The largest absolute Gasteiger partial charge is 0.338 e. The number of aryl methyl sites for hydroxylation is 1. The first-order chi connectivity index (χ1) is 9.22. The van der Waals surface area contributed by atoms with Crippen molar-refractivity contribution < 1.29 is 0 Å². The van der Waals surface area contributed by atoms with E-state index in [4.69, 9.17) is 0 Å². The molecular formula is C16H29N3. The van der Waals surface area contributed by atoms with E-state index in [-0.39, 0.29) is 0 Å². The molecule has 0 N–H and O–H groups in total. The monoisotopic (exact) mass is 263 g/mol. The number of aromatic nitrogens is 2. The number of nitrogens with zero attached hydrogens (tertiary/aromatic N) is 3. The molecule has 1 unspecified atom stereocenters. The highest BCUT2D eigenvalue weighted by Gasteiger charge is 2.14. The lowest BCUT2D eigenvalue weighted by atomic mass is 10.1. The molecule has 108 valence electrons. The van der Waals surface area contributed by atoms with Gasteiger partial charge >= 0.3 is 0 Å². The van der Waals surface area contributed by atoms with Crippen LogP contribution in [0.15, 0.2) is 12.4 Å². The molecule has 0 aliphatic carbocycles. The van der Waals surface area contributed by atoms with E-state index in [1.165, 1.54) is 31.2 Å². The van der Waals surface area contributed by atoms with Crippen LogP contribution >= 0.6 is 0 Å². The van der Waals surface area contributed by atoms with Crippen LogP contribution in [0.2, 0.25) is 0 Å². The molecule has 0 radical (unpaired) electrons. The maximum Gasteiger partial charge on any atom is 0.225 e. The van der Waals surface area contributed by atoms with Crippen LogP contribution in [0, 0.1) is 0 Å². The summed E-state index contributed by atoms with van der Waals surface area (Å²) < 4.78 is 0. The van der Waals surface area contributed by atoms with Crippen molar-refractivity contribution in [2.45, 2.75) is 72.3 Å². The van der Waals surface area contributed by atoms with Gasteiger partial charge in [-0.25, -0.2) is 9.97 Å². The molecule has 1 atom stereocenters. The zero-order chi connectivity index (χ0) is 14.1. The van der Waals surface area contributed by atoms with E-state index in [0.717, 1.165) is 25.3 Å². The van der Waals surface area contributed by atoms with E-state index in [2.05, 4.69) is 42.6 Å². The Morgan fingerprint density at radius 2 is 1.68 bits per heavy atom. The molecule has 0 aliphatic heterocycles. The Kier molecular flexibility index (Phi) is 7.46. The molecule has 0 saturated heterocycles. The van der Waals surface area contributed by atoms with Crippen molar-refractivity contribution in [3.05, 3.63) is 18.0 Å². The van der Waals surface area contributed by atoms with Gasteiger partial charge < -0.3 is 4.90 Å². The van der Waals surface area contributed by atoms with Gasteiger partial charge in [-0.05, 0) is 38.2 Å². The molecule has 1 aromatic heterocycles. The van der Waals surface area contributed by atoms with Crippen LogP contribution in [0.5, 0.6) is 0 Å². The Morgan fingerprint density at radius 1 is 1.05 bits per heavy atom. The van der Waals surface area contributed by atoms with Crippen LogP contribution in [-0.2, 0) is 6.42 Å². The van der Waals surface area contributed by atoms with Gasteiger partial charge in [0.25, 0.3) is 0 Å². The summed E-state index contributed by atoms with van der Waals surface area (Å²) in [6.07, 6.45) is 11.1. The highest BCUT2D eigenvalue weighted by atomic mass is 15.3. The van der Waals surface area contributed by atoms with Crippen LogP contribution < -0.4 is 4.90 Å². The molecule has 0 aromatic carbocycles. The second-order valence-electron chi connectivity index (χ2n) is 5.30. The van der Waals surface area contributed by atoms with Crippen LogP contribution in [0.4, 0.5) is 5.95 Å². The van der Waals surface area contributed by atoms with E-state index < -0.39 is 0 Å². The fraction of sp³-hybridized carbons (Fsp3) is 0.750. The molecule has 1 rings (SSSR count). The maximum atomic E-state index is 4.57.